The van der Waals surface area contributed by atoms with Gasteiger partial charge in [-0.05, 0) is 36.6 Å². The van der Waals surface area contributed by atoms with Gasteiger partial charge in [0, 0.05) is 43.8 Å². The second-order valence-electron chi connectivity index (χ2n) is 9.53. The minimum atomic E-state index is -0.540. The topological polar surface area (TPSA) is 102 Å². The number of carbonyl (C=O) groups excluding carboxylic acids is 2. The summed E-state index contributed by atoms with van der Waals surface area (Å²) in [7, 11) is 1.81. The van der Waals surface area contributed by atoms with E-state index in [-0.39, 0.29) is 18.0 Å². The molecule has 1 aromatic carbocycles. The van der Waals surface area contributed by atoms with Gasteiger partial charge in [-0.2, -0.15) is 5.10 Å². The third-order valence-corrected chi connectivity index (χ3v) is 6.47. The van der Waals surface area contributed by atoms with Crippen LogP contribution in [0.1, 0.15) is 28.4 Å². The van der Waals surface area contributed by atoms with Crippen molar-refractivity contribution in [1.29, 1.82) is 0 Å². The van der Waals surface area contributed by atoms with Gasteiger partial charge in [0.2, 0.25) is 5.91 Å². The smallest absolute Gasteiger partial charge is 0.265 e. The number of aryl methyl sites for hydroxylation is 2. The Kier molecular flexibility index (Phi) is 6.13. The number of carbonyl (C=O) groups is 2. The van der Waals surface area contributed by atoms with Gasteiger partial charge in [-0.15, -0.1) is 0 Å². The maximum atomic E-state index is 13.5. The molecule has 4 aromatic rings. The molecule has 3 aromatic heterocycles. The van der Waals surface area contributed by atoms with Crippen molar-refractivity contribution in [2.75, 3.05) is 13.1 Å². The predicted molar refractivity (Wildman–Crippen MR) is 136 cm³/mol. The molecular formula is C27H28N6O3. The number of nitrogens with one attached hydrogen (secondary N) is 1. The van der Waals surface area contributed by atoms with Gasteiger partial charge in [-0.1, -0.05) is 36.8 Å². The molecule has 4 heterocycles. The van der Waals surface area contributed by atoms with Crippen LogP contribution in [-0.4, -0.2) is 49.1 Å². The number of nitrogens with zero attached hydrogens (tertiary/aromatic N) is 5. The maximum absolute atomic E-state index is 13.5. The number of pyridine rings is 2. The Morgan fingerprint density at radius 1 is 1.11 bits per heavy atom. The van der Waals surface area contributed by atoms with Crippen LogP contribution in [0.2, 0.25) is 0 Å². The first-order chi connectivity index (χ1) is 17.3. The summed E-state index contributed by atoms with van der Waals surface area (Å²) in [5.41, 5.74) is 3.28. The summed E-state index contributed by atoms with van der Waals surface area (Å²) in [6.45, 7) is 5.51. The highest BCUT2D eigenvalue weighted by Gasteiger charge is 2.28. The van der Waals surface area contributed by atoms with Crippen molar-refractivity contribution < 1.29 is 9.59 Å². The van der Waals surface area contributed by atoms with E-state index in [0.717, 1.165) is 16.7 Å². The molecular weight excluding hydrogens is 456 g/mol. The predicted octanol–water partition coefficient (Wildman–Crippen LogP) is 2.51. The van der Waals surface area contributed by atoms with E-state index in [1.165, 1.54) is 4.57 Å². The Morgan fingerprint density at radius 3 is 2.53 bits per heavy atom. The van der Waals surface area contributed by atoms with E-state index in [0.29, 0.717) is 42.3 Å². The third-order valence-electron chi connectivity index (χ3n) is 6.47. The van der Waals surface area contributed by atoms with Crippen LogP contribution in [0.3, 0.4) is 0 Å². The van der Waals surface area contributed by atoms with Crippen LogP contribution in [0.15, 0.2) is 59.7 Å². The number of fused-ring (bicyclic) bond motifs is 1. The molecule has 0 bridgehead atoms. The molecule has 36 heavy (non-hydrogen) atoms. The highest BCUT2D eigenvalue weighted by Crippen LogP contribution is 2.21. The summed E-state index contributed by atoms with van der Waals surface area (Å²) >= 11 is 0. The van der Waals surface area contributed by atoms with Gasteiger partial charge < -0.3 is 10.2 Å². The summed E-state index contributed by atoms with van der Waals surface area (Å²) in [6, 6.07) is 13.0. The molecule has 1 aliphatic rings. The first-order valence-electron chi connectivity index (χ1n) is 11.9. The van der Waals surface area contributed by atoms with Crippen molar-refractivity contribution in [2.45, 2.75) is 26.9 Å². The molecule has 1 saturated heterocycles. The number of aromatic nitrogens is 4. The lowest BCUT2D eigenvalue weighted by Crippen LogP contribution is -2.50. The van der Waals surface area contributed by atoms with E-state index in [1.807, 2.05) is 56.6 Å². The van der Waals surface area contributed by atoms with E-state index >= 15 is 0 Å². The minimum Gasteiger partial charge on any atom is -0.348 e. The summed E-state index contributed by atoms with van der Waals surface area (Å²) < 4.78 is 2.99. The van der Waals surface area contributed by atoms with E-state index in [1.54, 1.807) is 21.8 Å². The molecule has 9 heteroatoms. The number of benzene rings is 1. The number of amides is 2. The lowest BCUT2D eigenvalue weighted by molar-refractivity contribution is -0.137. The molecule has 0 radical (unpaired) electrons. The van der Waals surface area contributed by atoms with Crippen molar-refractivity contribution in [3.63, 3.8) is 0 Å². The zero-order valence-electron chi connectivity index (χ0n) is 20.6. The number of likely N-dealkylation sites (tertiary alicyclic amines) is 1. The third kappa shape index (κ3) is 4.64. The van der Waals surface area contributed by atoms with Crippen LogP contribution < -0.4 is 10.9 Å². The molecule has 5 rings (SSSR count). The maximum Gasteiger partial charge on any atom is 0.265 e. The monoisotopic (exact) mass is 484 g/mol. The molecule has 184 valence electrons. The van der Waals surface area contributed by atoms with Crippen molar-refractivity contribution >= 4 is 22.8 Å². The van der Waals surface area contributed by atoms with Gasteiger partial charge in [-0.25, -0.2) is 4.98 Å². The fraction of sp³-hybridized carbons (Fsp3) is 0.296. The lowest BCUT2D eigenvalue weighted by atomic mass is 10.0. The van der Waals surface area contributed by atoms with Crippen molar-refractivity contribution in [3.05, 3.63) is 81.9 Å². The van der Waals surface area contributed by atoms with Gasteiger partial charge in [0.05, 0.1) is 11.9 Å². The van der Waals surface area contributed by atoms with Crippen molar-refractivity contribution in [2.24, 2.45) is 13.0 Å². The van der Waals surface area contributed by atoms with E-state index in [2.05, 4.69) is 17.3 Å². The fourth-order valence-electron chi connectivity index (χ4n) is 4.39. The SMILES string of the molecule is Cc1ccc(CNC(=O)c2cc3ccc(-c4cnn(C)c4)nc3n(CC(=O)N3CC(C)C3)c2=O)cc1. The molecule has 0 aliphatic carbocycles. The quantitative estimate of drug-likeness (QED) is 0.453. The average molecular weight is 485 g/mol. The van der Waals surface area contributed by atoms with E-state index < -0.39 is 11.5 Å². The summed E-state index contributed by atoms with van der Waals surface area (Å²) in [4.78, 5) is 46.0. The Morgan fingerprint density at radius 2 is 1.86 bits per heavy atom. The summed E-state index contributed by atoms with van der Waals surface area (Å²) in [5, 5.41) is 7.63. The molecule has 1 aliphatic heterocycles. The molecule has 0 spiro atoms. The number of hydrogen-bond acceptors (Lipinski definition) is 5. The van der Waals surface area contributed by atoms with Gasteiger partial charge >= 0.3 is 0 Å². The van der Waals surface area contributed by atoms with Crippen LogP contribution in [0, 0.1) is 12.8 Å². The molecule has 0 unspecified atom stereocenters. The molecule has 9 nitrogen and oxygen atoms in total. The molecule has 1 fully saturated rings. The highest BCUT2D eigenvalue weighted by molar-refractivity contribution is 5.97. The van der Waals surface area contributed by atoms with E-state index in [4.69, 9.17) is 4.98 Å². The van der Waals surface area contributed by atoms with Gasteiger partial charge in [0.1, 0.15) is 17.8 Å². The standard InChI is InChI=1S/C27H28N6O3/c1-17-4-6-19(7-5-17)11-28-26(35)22-10-20-8-9-23(21-12-29-31(3)15-21)30-25(20)33(27(22)36)16-24(34)32-13-18(2)14-32/h4-10,12,15,18H,11,13-14,16H2,1-3H3,(H,28,35). The molecule has 0 atom stereocenters. The Balaban J connectivity index is 1.52. The van der Waals surface area contributed by atoms with Crippen molar-refractivity contribution in [3.8, 4) is 11.3 Å². The van der Waals surface area contributed by atoms with Crippen LogP contribution >= 0.6 is 0 Å². The first kappa shape index (κ1) is 23.5. The summed E-state index contributed by atoms with van der Waals surface area (Å²) in [5.74, 6) is -0.212. The highest BCUT2D eigenvalue weighted by atomic mass is 16.2. The zero-order valence-corrected chi connectivity index (χ0v) is 20.6. The van der Waals surface area contributed by atoms with E-state index in [9.17, 15) is 14.4 Å². The van der Waals surface area contributed by atoms with Crippen LogP contribution in [0.25, 0.3) is 22.3 Å². The van der Waals surface area contributed by atoms with Crippen molar-refractivity contribution in [1.82, 2.24) is 29.5 Å². The Bertz CT molecular complexity index is 1510. The second kappa shape index (κ2) is 9.41. The Hall–Kier alpha value is -4.27. The minimum absolute atomic E-state index is 0.0182. The summed E-state index contributed by atoms with van der Waals surface area (Å²) in [6.07, 6.45) is 3.52. The molecule has 1 N–H and O–H groups in total. The molecule has 2 amide bonds. The molecule has 0 saturated carbocycles. The lowest BCUT2D eigenvalue weighted by Gasteiger charge is -2.37. The normalized spacial score (nSPS) is 13.6. The van der Waals surface area contributed by atoms with Crippen LogP contribution in [0.4, 0.5) is 0 Å². The first-order valence-corrected chi connectivity index (χ1v) is 11.9. The fourth-order valence-corrected chi connectivity index (χ4v) is 4.39. The van der Waals surface area contributed by atoms with Crippen LogP contribution in [0.5, 0.6) is 0 Å². The van der Waals surface area contributed by atoms with Gasteiger partial charge in [0.25, 0.3) is 11.5 Å². The number of hydrogen-bond donors (Lipinski definition) is 1. The number of rotatable bonds is 6. The van der Waals surface area contributed by atoms with Gasteiger partial charge in [0.15, 0.2) is 0 Å². The second-order valence-corrected chi connectivity index (χ2v) is 9.53. The Labute approximate surface area is 208 Å². The average Bonchev–Trinajstić information content (AvgIpc) is 3.29. The van der Waals surface area contributed by atoms with Crippen LogP contribution in [-0.2, 0) is 24.9 Å². The zero-order chi connectivity index (χ0) is 25.4. The van der Waals surface area contributed by atoms with Gasteiger partial charge in [-0.3, -0.25) is 23.6 Å². The largest absolute Gasteiger partial charge is 0.348 e.